The third-order valence-electron chi connectivity index (χ3n) is 4.92. The van der Waals surface area contributed by atoms with Crippen molar-refractivity contribution in [3.8, 4) is 11.3 Å². The molecule has 2 heterocycles. The summed E-state index contributed by atoms with van der Waals surface area (Å²) in [6.45, 7) is 3.24. The molecule has 138 valence electrons. The number of nitrogens with zero attached hydrogens (tertiary/aromatic N) is 2. The van der Waals surface area contributed by atoms with E-state index in [1.165, 1.54) is 29.5 Å². The van der Waals surface area contributed by atoms with Gasteiger partial charge >= 0.3 is 0 Å². The Morgan fingerprint density at radius 2 is 2.04 bits per heavy atom. The summed E-state index contributed by atoms with van der Waals surface area (Å²) < 4.78 is 13.5. The fraction of sp³-hybridized carbons (Fsp3) is 0.238. The van der Waals surface area contributed by atoms with Crippen LogP contribution in [0.1, 0.15) is 21.5 Å². The monoisotopic (exact) mass is 364 g/mol. The van der Waals surface area contributed by atoms with Crippen molar-refractivity contribution in [1.29, 1.82) is 0 Å². The van der Waals surface area contributed by atoms with E-state index in [4.69, 9.17) is 0 Å². The molecule has 0 fully saturated rings. The summed E-state index contributed by atoms with van der Waals surface area (Å²) >= 11 is 0. The van der Waals surface area contributed by atoms with Crippen molar-refractivity contribution in [2.24, 2.45) is 0 Å². The highest BCUT2D eigenvalue weighted by atomic mass is 19.1. The summed E-state index contributed by atoms with van der Waals surface area (Å²) in [6, 6.07) is 14.6. The normalized spacial score (nSPS) is 14.0. The minimum absolute atomic E-state index is 0.208. The largest absolute Gasteiger partial charge is 0.351 e. The van der Waals surface area contributed by atoms with Gasteiger partial charge in [-0.3, -0.25) is 14.8 Å². The SMILES string of the molecule is O=C(NCCN1CCc2ccccc2C1)c1cn[nH]c1-c1cccc(F)c1. The highest BCUT2D eigenvalue weighted by Gasteiger charge is 2.18. The fourth-order valence-electron chi connectivity index (χ4n) is 3.49. The smallest absolute Gasteiger partial charge is 0.255 e. The van der Waals surface area contributed by atoms with Gasteiger partial charge in [-0.2, -0.15) is 5.10 Å². The van der Waals surface area contributed by atoms with Crippen molar-refractivity contribution in [3.05, 3.63) is 77.2 Å². The van der Waals surface area contributed by atoms with Crippen molar-refractivity contribution in [3.63, 3.8) is 0 Å². The summed E-state index contributed by atoms with van der Waals surface area (Å²) in [6.07, 6.45) is 2.52. The first kappa shape index (κ1) is 17.4. The molecule has 1 aliphatic heterocycles. The van der Waals surface area contributed by atoms with Gasteiger partial charge in [-0.05, 0) is 29.7 Å². The molecule has 2 aromatic carbocycles. The first-order valence-corrected chi connectivity index (χ1v) is 9.07. The lowest BCUT2D eigenvalue weighted by Gasteiger charge is -2.28. The topological polar surface area (TPSA) is 61.0 Å². The molecule has 0 bridgehead atoms. The molecule has 0 spiro atoms. The standard InChI is InChI=1S/C21H21FN4O/c22-18-7-3-6-16(12-18)20-19(13-24-25-20)21(27)23-9-11-26-10-8-15-4-1-2-5-17(15)14-26/h1-7,12-13H,8-11,14H2,(H,23,27)(H,24,25). The number of halogens is 1. The highest BCUT2D eigenvalue weighted by molar-refractivity contribution is 5.99. The van der Waals surface area contributed by atoms with E-state index in [0.717, 1.165) is 26.1 Å². The summed E-state index contributed by atoms with van der Waals surface area (Å²) in [5.41, 5.74) is 4.32. The van der Waals surface area contributed by atoms with E-state index in [1.54, 1.807) is 12.1 Å². The number of hydrogen-bond donors (Lipinski definition) is 2. The number of rotatable bonds is 5. The molecule has 1 aromatic heterocycles. The zero-order valence-electron chi connectivity index (χ0n) is 14.9. The maximum absolute atomic E-state index is 13.5. The van der Waals surface area contributed by atoms with E-state index in [2.05, 4.69) is 44.7 Å². The zero-order valence-corrected chi connectivity index (χ0v) is 14.9. The lowest BCUT2D eigenvalue weighted by atomic mass is 10.00. The number of carbonyl (C=O) groups excluding carboxylic acids is 1. The third-order valence-corrected chi connectivity index (χ3v) is 4.92. The second-order valence-corrected chi connectivity index (χ2v) is 6.72. The van der Waals surface area contributed by atoms with Gasteiger partial charge in [0.1, 0.15) is 5.82 Å². The van der Waals surface area contributed by atoms with E-state index >= 15 is 0 Å². The van der Waals surface area contributed by atoms with Gasteiger partial charge in [0.2, 0.25) is 0 Å². The van der Waals surface area contributed by atoms with Gasteiger partial charge in [-0.15, -0.1) is 0 Å². The lowest BCUT2D eigenvalue weighted by molar-refractivity contribution is 0.0948. The Balaban J connectivity index is 1.35. The van der Waals surface area contributed by atoms with Crippen molar-refractivity contribution in [1.82, 2.24) is 20.4 Å². The Labute approximate surface area is 157 Å². The molecule has 0 aliphatic carbocycles. The van der Waals surface area contributed by atoms with Gasteiger partial charge in [0.15, 0.2) is 0 Å². The predicted octanol–water partition coefficient (Wildman–Crippen LogP) is 3.00. The summed E-state index contributed by atoms with van der Waals surface area (Å²) in [7, 11) is 0. The summed E-state index contributed by atoms with van der Waals surface area (Å²) in [5, 5.41) is 9.69. The van der Waals surface area contributed by atoms with E-state index in [0.29, 0.717) is 23.4 Å². The molecule has 1 aliphatic rings. The summed E-state index contributed by atoms with van der Waals surface area (Å²) in [4.78, 5) is 14.9. The average molecular weight is 364 g/mol. The van der Waals surface area contributed by atoms with Gasteiger partial charge in [0.05, 0.1) is 17.5 Å². The quantitative estimate of drug-likeness (QED) is 0.732. The molecule has 0 saturated heterocycles. The molecule has 0 saturated carbocycles. The highest BCUT2D eigenvalue weighted by Crippen LogP contribution is 2.22. The maximum Gasteiger partial charge on any atom is 0.255 e. The van der Waals surface area contributed by atoms with Crippen LogP contribution in [0.25, 0.3) is 11.3 Å². The van der Waals surface area contributed by atoms with Crippen LogP contribution in [0.2, 0.25) is 0 Å². The minimum Gasteiger partial charge on any atom is -0.351 e. The second-order valence-electron chi connectivity index (χ2n) is 6.72. The molecule has 5 nitrogen and oxygen atoms in total. The zero-order chi connectivity index (χ0) is 18.6. The molecule has 27 heavy (non-hydrogen) atoms. The number of hydrogen-bond acceptors (Lipinski definition) is 3. The summed E-state index contributed by atoms with van der Waals surface area (Å²) in [5.74, 6) is -0.556. The number of nitrogens with one attached hydrogen (secondary N) is 2. The van der Waals surface area contributed by atoms with E-state index in [1.807, 2.05) is 0 Å². The van der Waals surface area contributed by atoms with Gasteiger partial charge < -0.3 is 5.32 Å². The Bertz CT molecular complexity index is 953. The van der Waals surface area contributed by atoms with E-state index < -0.39 is 0 Å². The number of H-pyrrole nitrogens is 1. The van der Waals surface area contributed by atoms with Crippen molar-refractivity contribution < 1.29 is 9.18 Å². The van der Waals surface area contributed by atoms with Gasteiger partial charge in [-0.1, -0.05) is 36.4 Å². The van der Waals surface area contributed by atoms with Crippen LogP contribution in [0.3, 0.4) is 0 Å². The third kappa shape index (κ3) is 3.90. The average Bonchev–Trinajstić information content (AvgIpc) is 3.18. The van der Waals surface area contributed by atoms with Crippen LogP contribution in [-0.2, 0) is 13.0 Å². The van der Waals surface area contributed by atoms with Crippen LogP contribution < -0.4 is 5.32 Å². The second kappa shape index (κ2) is 7.72. The van der Waals surface area contributed by atoms with Crippen LogP contribution in [0, 0.1) is 5.82 Å². The molecule has 3 aromatic rings. The molecule has 1 amide bonds. The van der Waals surface area contributed by atoms with Gasteiger partial charge in [-0.25, -0.2) is 4.39 Å². The Morgan fingerprint density at radius 1 is 1.19 bits per heavy atom. The molecule has 4 rings (SSSR count). The van der Waals surface area contributed by atoms with Crippen LogP contribution in [-0.4, -0.2) is 40.6 Å². The molecule has 0 atom stereocenters. The number of aromatic nitrogens is 2. The molecular formula is C21H21FN4O. The fourth-order valence-corrected chi connectivity index (χ4v) is 3.49. The van der Waals surface area contributed by atoms with Crippen molar-refractivity contribution >= 4 is 5.91 Å². The lowest BCUT2D eigenvalue weighted by Crippen LogP contribution is -2.37. The van der Waals surface area contributed by atoms with E-state index in [-0.39, 0.29) is 11.7 Å². The maximum atomic E-state index is 13.5. The van der Waals surface area contributed by atoms with Crippen LogP contribution >= 0.6 is 0 Å². The number of amides is 1. The van der Waals surface area contributed by atoms with Crippen LogP contribution in [0.5, 0.6) is 0 Å². The van der Waals surface area contributed by atoms with Crippen LogP contribution in [0.4, 0.5) is 4.39 Å². The van der Waals surface area contributed by atoms with Crippen LogP contribution in [0.15, 0.2) is 54.7 Å². The number of benzene rings is 2. The Morgan fingerprint density at radius 3 is 2.89 bits per heavy atom. The van der Waals surface area contributed by atoms with Crippen molar-refractivity contribution in [2.45, 2.75) is 13.0 Å². The molecule has 6 heteroatoms. The number of fused-ring (bicyclic) bond motifs is 1. The molecular weight excluding hydrogens is 343 g/mol. The molecule has 0 radical (unpaired) electrons. The molecule has 0 unspecified atom stereocenters. The first-order chi connectivity index (χ1) is 13.2. The van der Waals surface area contributed by atoms with Gasteiger partial charge in [0, 0.05) is 31.7 Å². The minimum atomic E-state index is -0.348. The Kier molecular flexibility index (Phi) is 4.98. The van der Waals surface area contributed by atoms with Crippen molar-refractivity contribution in [2.75, 3.05) is 19.6 Å². The number of aromatic amines is 1. The Hall–Kier alpha value is -2.99. The predicted molar refractivity (Wildman–Crippen MR) is 102 cm³/mol. The number of carbonyl (C=O) groups is 1. The first-order valence-electron chi connectivity index (χ1n) is 9.07. The molecule has 2 N–H and O–H groups in total. The van der Waals surface area contributed by atoms with E-state index in [9.17, 15) is 9.18 Å². The van der Waals surface area contributed by atoms with Gasteiger partial charge in [0.25, 0.3) is 5.91 Å².